The first-order valence-electron chi connectivity index (χ1n) is 23.1. The first kappa shape index (κ1) is 50.9. The lowest BCUT2D eigenvalue weighted by molar-refractivity contribution is -0.143. The van der Waals surface area contributed by atoms with Crippen LogP contribution in [0.15, 0.2) is 115 Å². The van der Waals surface area contributed by atoms with Crippen LogP contribution >= 0.6 is 23.2 Å². The number of hydrogen-bond donors (Lipinski definition) is 1. The van der Waals surface area contributed by atoms with E-state index >= 15 is 0 Å². The second-order valence-electron chi connectivity index (χ2n) is 18.3. The summed E-state index contributed by atoms with van der Waals surface area (Å²) >= 11 is 12.8. The maximum atomic E-state index is 13.9. The summed E-state index contributed by atoms with van der Waals surface area (Å²) in [6.45, 7) is 1.64. The number of ether oxygens (including phenoxy) is 2. The van der Waals surface area contributed by atoms with Gasteiger partial charge < -0.3 is 29.5 Å². The second-order valence-corrected chi connectivity index (χ2v) is 19.1. The van der Waals surface area contributed by atoms with Gasteiger partial charge in [0.1, 0.15) is 12.2 Å². The molecule has 2 heterocycles. The van der Waals surface area contributed by atoms with Crippen molar-refractivity contribution in [1.29, 1.82) is 0 Å². The number of alkyl halides is 6. The number of carbonyl (C=O) groups excluding carboxylic acids is 3. The average molecular weight is 1010 g/mol. The van der Waals surface area contributed by atoms with Crippen LogP contribution < -0.4 is 5.32 Å². The molecule has 0 saturated carbocycles. The number of fused-ring (bicyclic) bond motifs is 2. The summed E-state index contributed by atoms with van der Waals surface area (Å²) in [5.74, 6) is -1.34. The minimum Gasteiger partial charge on any atom is -0.367 e. The molecule has 5 aromatic carbocycles. The number of likely N-dealkylation sites (tertiary alicyclic amines) is 1. The van der Waals surface area contributed by atoms with Crippen LogP contribution in [-0.2, 0) is 48.9 Å². The average Bonchev–Trinajstić information content (AvgIpc) is 3.65. The summed E-state index contributed by atoms with van der Waals surface area (Å²) in [5.41, 5.74) is -0.0134. The molecule has 2 fully saturated rings. The lowest BCUT2D eigenvalue weighted by Crippen LogP contribution is -2.54. The molecular weight excluding hydrogens is 958 g/mol. The molecule has 8 rings (SSSR count). The highest BCUT2D eigenvalue weighted by Gasteiger charge is 2.50. The molecule has 0 unspecified atom stereocenters. The number of morpholine rings is 1. The van der Waals surface area contributed by atoms with Crippen LogP contribution in [0.1, 0.15) is 70.3 Å². The minimum atomic E-state index is -5.13. The van der Waals surface area contributed by atoms with Crippen LogP contribution in [0.3, 0.4) is 0 Å². The predicted molar refractivity (Wildman–Crippen MR) is 256 cm³/mol. The molecule has 0 radical (unpaired) electrons. The Morgan fingerprint density at radius 3 is 2.19 bits per heavy atom. The number of carbonyl (C=O) groups is 3. The van der Waals surface area contributed by atoms with Crippen molar-refractivity contribution in [3.63, 3.8) is 0 Å². The number of anilines is 1. The van der Waals surface area contributed by atoms with E-state index in [1.54, 1.807) is 30.1 Å². The number of benzene rings is 5. The number of para-hydroxylation sites is 1. The molecule has 70 heavy (non-hydrogen) atoms. The third kappa shape index (κ3) is 11.3. The molecule has 3 aliphatic rings. The predicted octanol–water partition coefficient (Wildman–Crippen LogP) is 11.3. The van der Waals surface area contributed by atoms with E-state index in [1.807, 2.05) is 66.7 Å². The van der Waals surface area contributed by atoms with E-state index < -0.39 is 40.6 Å². The van der Waals surface area contributed by atoms with Gasteiger partial charge in [-0.2, -0.15) is 26.3 Å². The zero-order valence-electron chi connectivity index (χ0n) is 38.4. The smallest absolute Gasteiger partial charge is 0.367 e. The highest BCUT2D eigenvalue weighted by Crippen LogP contribution is 2.48. The number of nitrogens with one attached hydrogen (secondary N) is 1. The number of nitrogens with zero attached hydrogens (tertiary/aromatic N) is 3. The van der Waals surface area contributed by atoms with Crippen molar-refractivity contribution in [3.05, 3.63) is 159 Å². The normalized spacial score (nSPS) is 19.2. The highest BCUT2D eigenvalue weighted by atomic mass is 35.5. The number of amides is 3. The van der Waals surface area contributed by atoms with Crippen LogP contribution in [0.4, 0.5) is 32.0 Å². The van der Waals surface area contributed by atoms with E-state index in [1.165, 1.54) is 10.5 Å². The Balaban J connectivity index is 0.903. The number of likely N-dealkylation sites (N-methyl/N-ethyl adjacent to an activating group) is 1. The van der Waals surface area contributed by atoms with Gasteiger partial charge in [-0.1, -0.05) is 102 Å². The lowest BCUT2D eigenvalue weighted by atomic mass is 9.72. The van der Waals surface area contributed by atoms with Crippen molar-refractivity contribution in [2.45, 2.75) is 68.0 Å². The Kier molecular flexibility index (Phi) is 15.4. The molecule has 17 heteroatoms. The standard InChI is InChI=1S/C53H52Cl2F6N4O5/c1-63(22-9-16-47(66)62-45-15-8-6-13-41(45)35-10-3-2-4-11-35)48(67)33-69-46-30-36-12-5-7-14-42(36)50(46)19-23-64(24-20-50)25-21-51(38-17-18-43(54)44(55)32-38)34-65(26-27-70-51)49(68)37-28-39(52(56,57)58)31-40(29-37)53(59,60)61/h2-8,10-15,17-18,28-29,31-32,46H,9,16,19-27,30,33-34H2,1H3,(H,62,66)/t46-,51-/m0/s1. The van der Waals surface area contributed by atoms with Crippen molar-refractivity contribution in [3.8, 4) is 11.1 Å². The molecular formula is C53H52Cl2F6N4O5. The van der Waals surface area contributed by atoms with Gasteiger partial charge >= 0.3 is 12.4 Å². The van der Waals surface area contributed by atoms with Gasteiger partial charge in [0.05, 0.1) is 40.4 Å². The number of halogens is 8. The summed E-state index contributed by atoms with van der Waals surface area (Å²) in [5, 5.41) is 3.49. The highest BCUT2D eigenvalue weighted by molar-refractivity contribution is 6.42. The van der Waals surface area contributed by atoms with Crippen LogP contribution in [0.25, 0.3) is 11.1 Å². The topological polar surface area (TPSA) is 91.4 Å². The minimum absolute atomic E-state index is 0.00334. The van der Waals surface area contributed by atoms with Gasteiger partial charge in [0.15, 0.2) is 0 Å². The summed E-state index contributed by atoms with van der Waals surface area (Å²) in [7, 11) is 1.71. The summed E-state index contributed by atoms with van der Waals surface area (Å²) in [4.78, 5) is 45.5. The Morgan fingerprint density at radius 2 is 1.49 bits per heavy atom. The molecule has 0 bridgehead atoms. The third-order valence-electron chi connectivity index (χ3n) is 13.9. The molecule has 370 valence electrons. The maximum Gasteiger partial charge on any atom is 0.416 e. The van der Waals surface area contributed by atoms with E-state index in [2.05, 4.69) is 22.3 Å². The van der Waals surface area contributed by atoms with E-state index in [0.717, 1.165) is 22.4 Å². The Bertz CT molecular complexity index is 2660. The quantitative estimate of drug-likeness (QED) is 0.111. The molecule has 2 aliphatic heterocycles. The van der Waals surface area contributed by atoms with Crippen LogP contribution in [0.2, 0.25) is 10.0 Å². The van der Waals surface area contributed by atoms with Crippen molar-refractivity contribution in [2.24, 2.45) is 0 Å². The Hall–Kier alpha value is -5.45. The van der Waals surface area contributed by atoms with Gasteiger partial charge in [0.25, 0.3) is 5.91 Å². The van der Waals surface area contributed by atoms with Gasteiger partial charge in [-0.25, -0.2) is 0 Å². The Labute approximate surface area is 412 Å². The summed E-state index contributed by atoms with van der Waals surface area (Å²) < 4.78 is 95.8. The monoisotopic (exact) mass is 1010 g/mol. The fraction of sp³-hybridized carbons (Fsp3) is 0.377. The molecule has 2 atom stereocenters. The molecule has 5 aromatic rings. The molecule has 9 nitrogen and oxygen atoms in total. The van der Waals surface area contributed by atoms with Crippen molar-refractivity contribution < 1.29 is 50.2 Å². The van der Waals surface area contributed by atoms with Gasteiger partial charge in [-0.05, 0) is 104 Å². The van der Waals surface area contributed by atoms with E-state index in [-0.39, 0.29) is 78.6 Å². The van der Waals surface area contributed by atoms with Crippen molar-refractivity contribution >= 4 is 46.6 Å². The fourth-order valence-corrected chi connectivity index (χ4v) is 10.4. The van der Waals surface area contributed by atoms with Crippen LogP contribution in [0, 0.1) is 0 Å². The van der Waals surface area contributed by atoms with Crippen molar-refractivity contribution in [1.82, 2.24) is 14.7 Å². The fourth-order valence-electron chi connectivity index (χ4n) is 10.1. The van der Waals surface area contributed by atoms with Gasteiger partial charge in [0.2, 0.25) is 11.8 Å². The molecule has 1 spiro atoms. The number of rotatable bonds is 14. The zero-order valence-corrected chi connectivity index (χ0v) is 39.9. The first-order valence-corrected chi connectivity index (χ1v) is 23.9. The second kappa shape index (κ2) is 21.1. The van der Waals surface area contributed by atoms with E-state index in [0.29, 0.717) is 69.6 Å². The molecule has 2 saturated heterocycles. The molecule has 0 aromatic heterocycles. The molecule has 3 amide bonds. The Morgan fingerprint density at radius 1 is 0.814 bits per heavy atom. The molecule has 1 aliphatic carbocycles. The van der Waals surface area contributed by atoms with Gasteiger partial charge in [0, 0.05) is 55.3 Å². The van der Waals surface area contributed by atoms with Gasteiger partial charge in [-0.3, -0.25) is 14.4 Å². The van der Waals surface area contributed by atoms with E-state index in [9.17, 15) is 40.7 Å². The van der Waals surface area contributed by atoms with Crippen molar-refractivity contribution in [2.75, 3.05) is 64.8 Å². The lowest BCUT2D eigenvalue weighted by Gasteiger charge is -2.46. The molecule has 1 N–H and O–H groups in total. The number of hydrogen-bond acceptors (Lipinski definition) is 6. The SMILES string of the molecule is CN(CCCC(=O)Nc1ccccc1-c1ccccc1)C(=O)CO[C@H]1Cc2ccccc2C12CCN(CC[C@@]1(c3ccc(Cl)c(Cl)c3)CN(C(=O)c3cc(C(F)(F)F)cc(C(F)(F)F)c3)CCO1)CC2. The number of piperidine rings is 1. The summed E-state index contributed by atoms with van der Waals surface area (Å²) in [6.07, 6.45) is -7.53. The van der Waals surface area contributed by atoms with Crippen LogP contribution in [0.5, 0.6) is 0 Å². The van der Waals surface area contributed by atoms with Crippen LogP contribution in [-0.4, -0.2) is 98.1 Å². The van der Waals surface area contributed by atoms with E-state index in [4.69, 9.17) is 32.7 Å². The van der Waals surface area contributed by atoms with Gasteiger partial charge in [-0.15, -0.1) is 0 Å². The largest absolute Gasteiger partial charge is 0.416 e. The maximum absolute atomic E-state index is 13.9. The first-order chi connectivity index (χ1) is 33.3. The zero-order chi connectivity index (χ0) is 49.8. The summed E-state index contributed by atoms with van der Waals surface area (Å²) in [6, 6.07) is 31.4. The third-order valence-corrected chi connectivity index (χ3v) is 14.7.